The number of rotatable bonds is 8. The van der Waals surface area contributed by atoms with E-state index in [1.165, 1.54) is 5.56 Å². The molecule has 35 heavy (non-hydrogen) atoms. The monoisotopic (exact) mass is 467 g/mol. The number of aromatic nitrogens is 4. The maximum absolute atomic E-state index is 12.8. The molecule has 4 aromatic rings. The minimum absolute atomic E-state index is 0.191. The Morgan fingerprint density at radius 1 is 1.03 bits per heavy atom. The highest BCUT2D eigenvalue weighted by Crippen LogP contribution is 2.23. The molecule has 0 aliphatic heterocycles. The number of hydrogen-bond acceptors (Lipinski definition) is 7. The van der Waals surface area contributed by atoms with Crippen molar-refractivity contribution in [3.63, 3.8) is 0 Å². The SMILES string of the molecule is Cc1ncc(NC(=O)c2ccc(CC(C)N(C)C)cc2)cc1Nc1nccc(-c2cccnc2)n1. The summed E-state index contributed by atoms with van der Waals surface area (Å²) in [4.78, 5) is 32.4. The molecule has 0 saturated carbocycles. The third kappa shape index (κ3) is 6.24. The van der Waals surface area contributed by atoms with Crippen molar-refractivity contribution in [2.75, 3.05) is 24.7 Å². The van der Waals surface area contributed by atoms with Crippen LogP contribution in [0.25, 0.3) is 11.3 Å². The van der Waals surface area contributed by atoms with E-state index < -0.39 is 0 Å². The Morgan fingerprint density at radius 2 is 1.83 bits per heavy atom. The first-order valence-corrected chi connectivity index (χ1v) is 11.4. The van der Waals surface area contributed by atoms with Crippen molar-refractivity contribution in [2.45, 2.75) is 26.3 Å². The zero-order chi connectivity index (χ0) is 24.8. The number of nitrogens with one attached hydrogen (secondary N) is 2. The van der Waals surface area contributed by atoms with Crippen LogP contribution in [0.4, 0.5) is 17.3 Å². The van der Waals surface area contributed by atoms with Gasteiger partial charge in [0.1, 0.15) is 0 Å². The van der Waals surface area contributed by atoms with E-state index in [1.807, 2.05) is 55.5 Å². The van der Waals surface area contributed by atoms with Crippen molar-refractivity contribution < 1.29 is 4.79 Å². The summed E-state index contributed by atoms with van der Waals surface area (Å²) < 4.78 is 0. The van der Waals surface area contributed by atoms with Crippen LogP contribution in [-0.4, -0.2) is 50.9 Å². The molecule has 0 spiro atoms. The minimum Gasteiger partial charge on any atom is -0.322 e. The third-order valence-electron chi connectivity index (χ3n) is 5.83. The first kappa shape index (κ1) is 24.0. The lowest BCUT2D eigenvalue weighted by Crippen LogP contribution is -2.26. The van der Waals surface area contributed by atoms with Gasteiger partial charge in [-0.15, -0.1) is 0 Å². The molecule has 0 radical (unpaired) electrons. The Balaban J connectivity index is 1.46. The van der Waals surface area contributed by atoms with Gasteiger partial charge in [0.25, 0.3) is 5.91 Å². The number of aryl methyl sites for hydroxylation is 1. The van der Waals surface area contributed by atoms with E-state index >= 15 is 0 Å². The van der Waals surface area contributed by atoms with Gasteiger partial charge in [-0.3, -0.25) is 14.8 Å². The van der Waals surface area contributed by atoms with Gasteiger partial charge in [-0.2, -0.15) is 0 Å². The van der Waals surface area contributed by atoms with Gasteiger partial charge in [0.2, 0.25) is 5.95 Å². The molecule has 8 heteroatoms. The van der Waals surface area contributed by atoms with Crippen LogP contribution < -0.4 is 10.6 Å². The average Bonchev–Trinajstić information content (AvgIpc) is 2.87. The molecule has 3 aromatic heterocycles. The first-order valence-electron chi connectivity index (χ1n) is 11.4. The lowest BCUT2D eigenvalue weighted by Gasteiger charge is -2.19. The van der Waals surface area contributed by atoms with Crippen LogP contribution in [-0.2, 0) is 6.42 Å². The molecule has 0 saturated heterocycles. The van der Waals surface area contributed by atoms with Crippen molar-refractivity contribution >= 4 is 23.2 Å². The number of amides is 1. The van der Waals surface area contributed by atoms with Crippen molar-refractivity contribution in [1.29, 1.82) is 0 Å². The van der Waals surface area contributed by atoms with Gasteiger partial charge in [0.05, 0.1) is 29.0 Å². The Bertz CT molecular complexity index is 1290. The van der Waals surface area contributed by atoms with Gasteiger partial charge in [-0.05, 0) is 76.3 Å². The van der Waals surface area contributed by atoms with Gasteiger partial charge in [-0.1, -0.05) is 12.1 Å². The summed E-state index contributed by atoms with van der Waals surface area (Å²) in [6.07, 6.45) is 7.73. The first-order chi connectivity index (χ1) is 16.9. The van der Waals surface area contributed by atoms with E-state index in [0.29, 0.717) is 28.9 Å². The van der Waals surface area contributed by atoms with Gasteiger partial charge in [0.15, 0.2) is 0 Å². The fourth-order valence-corrected chi connectivity index (χ4v) is 3.46. The Morgan fingerprint density at radius 3 is 2.54 bits per heavy atom. The van der Waals surface area contributed by atoms with Crippen LogP contribution in [0.15, 0.2) is 73.3 Å². The molecule has 0 fully saturated rings. The molecule has 0 aliphatic carbocycles. The number of nitrogens with zero attached hydrogens (tertiary/aromatic N) is 5. The lowest BCUT2D eigenvalue weighted by molar-refractivity contribution is 0.102. The van der Waals surface area contributed by atoms with Crippen LogP contribution >= 0.6 is 0 Å². The van der Waals surface area contributed by atoms with Crippen LogP contribution in [0.5, 0.6) is 0 Å². The maximum Gasteiger partial charge on any atom is 0.255 e. The van der Waals surface area contributed by atoms with E-state index in [9.17, 15) is 4.79 Å². The third-order valence-corrected chi connectivity index (χ3v) is 5.83. The fourth-order valence-electron chi connectivity index (χ4n) is 3.46. The molecule has 0 bridgehead atoms. The molecule has 1 aromatic carbocycles. The summed E-state index contributed by atoms with van der Waals surface area (Å²) in [5.41, 5.74) is 5.49. The molecule has 178 valence electrons. The van der Waals surface area contributed by atoms with Gasteiger partial charge >= 0.3 is 0 Å². The molecule has 0 aliphatic rings. The highest BCUT2D eigenvalue weighted by atomic mass is 16.1. The van der Waals surface area contributed by atoms with E-state index in [0.717, 1.165) is 23.4 Å². The number of anilines is 3. The number of carbonyl (C=O) groups excluding carboxylic acids is 1. The average molecular weight is 468 g/mol. The van der Waals surface area contributed by atoms with Crippen LogP contribution in [0.3, 0.4) is 0 Å². The standard InChI is InChI=1S/C27H29N7O/c1-18(34(3)4)14-20-7-9-21(10-8-20)26(35)31-23-15-25(19(2)30-17-23)33-27-29-13-11-24(32-27)22-6-5-12-28-16-22/h5-13,15-18H,14H2,1-4H3,(H,31,35)(H,29,32,33). The molecule has 3 heterocycles. The molecule has 2 N–H and O–H groups in total. The zero-order valence-corrected chi connectivity index (χ0v) is 20.4. The Labute approximate surface area is 205 Å². The van der Waals surface area contributed by atoms with Crippen molar-refractivity contribution in [3.05, 3.63) is 90.1 Å². The second-order valence-electron chi connectivity index (χ2n) is 8.66. The highest BCUT2D eigenvalue weighted by Gasteiger charge is 2.11. The van der Waals surface area contributed by atoms with Gasteiger partial charge in [0, 0.05) is 35.8 Å². The Kier molecular flexibility index (Phi) is 7.42. The predicted molar refractivity (Wildman–Crippen MR) is 139 cm³/mol. The minimum atomic E-state index is -0.191. The number of hydrogen-bond donors (Lipinski definition) is 2. The van der Waals surface area contributed by atoms with Crippen molar-refractivity contribution in [2.24, 2.45) is 0 Å². The van der Waals surface area contributed by atoms with E-state index in [4.69, 9.17) is 0 Å². The molecule has 1 amide bonds. The largest absolute Gasteiger partial charge is 0.322 e. The fraction of sp³-hybridized carbons (Fsp3) is 0.222. The van der Waals surface area contributed by atoms with Gasteiger partial charge in [-0.25, -0.2) is 9.97 Å². The summed E-state index contributed by atoms with van der Waals surface area (Å²) in [5.74, 6) is 0.242. The molecule has 1 atom stereocenters. The second kappa shape index (κ2) is 10.8. The Hall–Kier alpha value is -4.17. The van der Waals surface area contributed by atoms with Crippen molar-refractivity contribution in [1.82, 2.24) is 24.8 Å². The molecular formula is C27H29N7O. The molecule has 1 unspecified atom stereocenters. The maximum atomic E-state index is 12.8. The summed E-state index contributed by atoms with van der Waals surface area (Å²) in [5, 5.41) is 6.14. The summed E-state index contributed by atoms with van der Waals surface area (Å²) in [6.45, 7) is 4.06. The van der Waals surface area contributed by atoms with Gasteiger partial charge < -0.3 is 15.5 Å². The topological polar surface area (TPSA) is 95.9 Å². The molecule has 4 rings (SSSR count). The summed E-state index contributed by atoms with van der Waals surface area (Å²) >= 11 is 0. The highest BCUT2D eigenvalue weighted by molar-refractivity contribution is 6.04. The van der Waals surface area contributed by atoms with Crippen LogP contribution in [0.1, 0.15) is 28.5 Å². The normalized spacial score (nSPS) is 11.8. The van der Waals surface area contributed by atoms with E-state index in [-0.39, 0.29) is 5.91 Å². The summed E-state index contributed by atoms with van der Waals surface area (Å²) in [6, 6.07) is 15.6. The quantitative estimate of drug-likeness (QED) is 0.387. The number of pyridine rings is 2. The number of carbonyl (C=O) groups is 1. The number of benzene rings is 1. The molecule has 8 nitrogen and oxygen atoms in total. The summed E-state index contributed by atoms with van der Waals surface area (Å²) in [7, 11) is 4.13. The smallest absolute Gasteiger partial charge is 0.255 e. The predicted octanol–water partition coefficient (Wildman–Crippen LogP) is 4.73. The van der Waals surface area contributed by atoms with Crippen LogP contribution in [0, 0.1) is 6.92 Å². The van der Waals surface area contributed by atoms with E-state index in [1.54, 1.807) is 24.8 Å². The number of likely N-dealkylation sites (N-methyl/N-ethyl adjacent to an activating group) is 1. The zero-order valence-electron chi connectivity index (χ0n) is 20.4. The molecular weight excluding hydrogens is 438 g/mol. The van der Waals surface area contributed by atoms with Crippen molar-refractivity contribution in [3.8, 4) is 11.3 Å². The lowest BCUT2D eigenvalue weighted by atomic mass is 10.0. The van der Waals surface area contributed by atoms with E-state index in [2.05, 4.69) is 56.5 Å². The second-order valence-corrected chi connectivity index (χ2v) is 8.66. The van der Waals surface area contributed by atoms with Crippen LogP contribution in [0.2, 0.25) is 0 Å².